The molecule has 45 heavy (non-hydrogen) atoms. The summed E-state index contributed by atoms with van der Waals surface area (Å²) in [7, 11) is 0. The van der Waals surface area contributed by atoms with Crippen molar-refractivity contribution in [3.05, 3.63) is 18.1 Å². The van der Waals surface area contributed by atoms with Crippen LogP contribution in [0.5, 0.6) is 5.75 Å². The van der Waals surface area contributed by atoms with E-state index >= 15 is 4.39 Å². The number of halogens is 3. The molecular weight excluding hydrogens is 610 g/mol. The van der Waals surface area contributed by atoms with Gasteiger partial charge in [-0.25, -0.2) is 13.8 Å². The molecule has 4 heterocycles. The van der Waals surface area contributed by atoms with Gasteiger partial charge in [0.25, 0.3) is 5.91 Å². The normalized spacial score (nSPS) is 36.1. The van der Waals surface area contributed by atoms with Gasteiger partial charge < -0.3 is 25.2 Å². The SMILES string of the molecule is CC(C)(C)C(NC(=O)C1(Cl)CC1)C(=O)N1CC2C3CC(F)C(C3)C2C1C(=O)N1CC2(CC1C#N)Oc1cc(F)cnc1NC2=O. The lowest BCUT2D eigenvalue weighted by atomic mass is 9.77. The fourth-order valence-corrected chi connectivity index (χ4v) is 8.51. The first-order valence-electron chi connectivity index (χ1n) is 15.5. The van der Waals surface area contributed by atoms with E-state index in [0.717, 1.165) is 12.3 Å². The van der Waals surface area contributed by atoms with Crippen LogP contribution in [-0.2, 0) is 19.2 Å². The van der Waals surface area contributed by atoms with Gasteiger partial charge in [-0.15, -0.1) is 11.6 Å². The molecule has 3 aliphatic carbocycles. The average molecular weight is 645 g/mol. The number of anilines is 1. The lowest BCUT2D eigenvalue weighted by Gasteiger charge is -2.39. The van der Waals surface area contributed by atoms with Crippen LogP contribution in [0.15, 0.2) is 12.3 Å². The van der Waals surface area contributed by atoms with E-state index in [4.69, 9.17) is 16.3 Å². The van der Waals surface area contributed by atoms with Crippen molar-refractivity contribution in [3.8, 4) is 11.8 Å². The van der Waals surface area contributed by atoms with Crippen LogP contribution in [-0.4, -0.2) is 86.3 Å². The number of ether oxygens (including phenoxy) is 1. The Balaban J connectivity index is 1.22. The van der Waals surface area contributed by atoms with Crippen molar-refractivity contribution in [2.75, 3.05) is 18.4 Å². The zero-order chi connectivity index (χ0) is 32.2. The maximum absolute atomic E-state index is 15.2. The monoisotopic (exact) mass is 644 g/mol. The van der Waals surface area contributed by atoms with Gasteiger partial charge in [0.1, 0.15) is 35.0 Å². The Morgan fingerprint density at radius 2 is 1.98 bits per heavy atom. The fraction of sp³-hybridized carbons (Fsp3) is 0.677. The summed E-state index contributed by atoms with van der Waals surface area (Å²) in [4.78, 5) is 60.9. The molecule has 0 aromatic carbocycles. The molecule has 2 N–H and O–H groups in total. The molecule has 9 atom stereocenters. The number of rotatable bonds is 4. The van der Waals surface area contributed by atoms with Gasteiger partial charge in [0.2, 0.25) is 23.3 Å². The van der Waals surface area contributed by atoms with Crippen LogP contribution >= 0.6 is 11.6 Å². The highest BCUT2D eigenvalue weighted by atomic mass is 35.5. The van der Waals surface area contributed by atoms with Crippen LogP contribution in [0.2, 0.25) is 0 Å². The van der Waals surface area contributed by atoms with E-state index in [1.54, 1.807) is 0 Å². The maximum Gasteiger partial charge on any atom is 0.271 e. The van der Waals surface area contributed by atoms with Gasteiger partial charge >= 0.3 is 0 Å². The van der Waals surface area contributed by atoms with E-state index in [1.165, 1.54) is 9.80 Å². The second-order valence-electron chi connectivity index (χ2n) is 14.7. The van der Waals surface area contributed by atoms with Crippen LogP contribution in [0.25, 0.3) is 0 Å². The molecular formula is C31H35ClF2N6O5. The van der Waals surface area contributed by atoms with Crippen molar-refractivity contribution in [2.45, 2.75) is 87.6 Å². The van der Waals surface area contributed by atoms with Crippen molar-refractivity contribution in [2.24, 2.45) is 29.1 Å². The number of nitrogens with one attached hydrogen (secondary N) is 2. The van der Waals surface area contributed by atoms with Gasteiger partial charge in [0, 0.05) is 19.0 Å². The van der Waals surface area contributed by atoms with E-state index < -0.39 is 81.5 Å². The minimum absolute atomic E-state index is 0.00592. The summed E-state index contributed by atoms with van der Waals surface area (Å²) in [5.74, 6) is -3.83. The Bertz CT molecular complexity index is 1540. The van der Waals surface area contributed by atoms with Gasteiger partial charge in [-0.3, -0.25) is 19.2 Å². The summed E-state index contributed by atoms with van der Waals surface area (Å²) in [6.45, 7) is 5.31. The van der Waals surface area contributed by atoms with Gasteiger partial charge in [-0.05, 0) is 54.8 Å². The Kier molecular flexibility index (Phi) is 6.69. The molecule has 2 saturated heterocycles. The number of hydrogen-bond donors (Lipinski definition) is 2. The minimum Gasteiger partial charge on any atom is -0.471 e. The van der Waals surface area contributed by atoms with Crippen LogP contribution in [0.3, 0.4) is 0 Å². The van der Waals surface area contributed by atoms with Crippen molar-refractivity contribution in [1.29, 1.82) is 5.26 Å². The largest absolute Gasteiger partial charge is 0.471 e. The smallest absolute Gasteiger partial charge is 0.271 e. The Morgan fingerprint density at radius 3 is 2.64 bits per heavy atom. The first-order valence-corrected chi connectivity index (χ1v) is 15.8. The van der Waals surface area contributed by atoms with Crippen LogP contribution in [0, 0.1) is 46.2 Å². The van der Waals surface area contributed by atoms with E-state index in [2.05, 4.69) is 21.7 Å². The predicted octanol–water partition coefficient (Wildman–Crippen LogP) is 2.54. The lowest BCUT2D eigenvalue weighted by Crippen LogP contribution is -2.61. The molecule has 1 spiro atoms. The van der Waals surface area contributed by atoms with Crippen molar-refractivity contribution in [1.82, 2.24) is 20.1 Å². The zero-order valence-corrected chi connectivity index (χ0v) is 25.9. The van der Waals surface area contributed by atoms with Gasteiger partial charge in [-0.2, -0.15) is 5.26 Å². The van der Waals surface area contributed by atoms with Crippen molar-refractivity contribution >= 4 is 41.0 Å². The van der Waals surface area contributed by atoms with E-state index in [0.29, 0.717) is 25.7 Å². The minimum atomic E-state index is -1.69. The molecule has 6 aliphatic rings. The third-order valence-corrected chi connectivity index (χ3v) is 11.4. The third kappa shape index (κ3) is 4.65. The van der Waals surface area contributed by atoms with Crippen LogP contribution in [0.1, 0.15) is 52.9 Å². The summed E-state index contributed by atoms with van der Waals surface area (Å²) in [6, 6.07) is -0.0596. The van der Waals surface area contributed by atoms with Crippen molar-refractivity contribution < 1.29 is 32.7 Å². The van der Waals surface area contributed by atoms with Crippen LogP contribution < -0.4 is 15.4 Å². The Hall–Kier alpha value is -3.53. The van der Waals surface area contributed by atoms with E-state index in [1.807, 2.05) is 20.8 Å². The fourth-order valence-electron chi connectivity index (χ4n) is 8.36. The molecule has 4 amide bonds. The van der Waals surface area contributed by atoms with Crippen molar-refractivity contribution in [3.63, 3.8) is 0 Å². The molecule has 3 saturated carbocycles. The predicted molar refractivity (Wildman–Crippen MR) is 155 cm³/mol. The first-order chi connectivity index (χ1) is 21.2. The van der Waals surface area contributed by atoms with E-state index in [9.17, 15) is 28.8 Å². The number of nitriles is 1. The first kappa shape index (κ1) is 30.1. The molecule has 1 aromatic rings. The standard InChI is InChI=1S/C31H35ClF2N6O5/c1-29(2,3)23(37-27(43)30(32)4-5-30)26(42)39-12-18-14-6-17(19(34)7-14)21(18)22(39)25(41)40-13-31(9-16(40)10-35)28(44)38-24-20(45-31)8-15(33)11-36-24/h8,11,14,16-19,21-23H,4-7,9,12-13H2,1-3H3,(H,37,43)(H,36,38,44). The number of carbonyl (C=O) groups excluding carboxylic acids is 4. The number of fused-ring (bicyclic) bond motifs is 6. The molecule has 240 valence electrons. The number of carbonyl (C=O) groups is 4. The number of aromatic nitrogens is 1. The summed E-state index contributed by atoms with van der Waals surface area (Å²) in [5.41, 5.74) is -2.44. The van der Waals surface area contributed by atoms with Gasteiger partial charge in [0.05, 0.1) is 18.8 Å². The van der Waals surface area contributed by atoms with Crippen LogP contribution in [0.4, 0.5) is 14.6 Å². The summed E-state index contributed by atoms with van der Waals surface area (Å²) in [6.07, 6.45) is 1.60. The lowest BCUT2D eigenvalue weighted by molar-refractivity contribution is -0.149. The third-order valence-electron chi connectivity index (χ3n) is 10.8. The quantitative estimate of drug-likeness (QED) is 0.479. The summed E-state index contributed by atoms with van der Waals surface area (Å²) >= 11 is 6.37. The number of hydrogen-bond acceptors (Lipinski definition) is 7. The Labute approximate surface area is 264 Å². The highest BCUT2D eigenvalue weighted by Gasteiger charge is 2.65. The zero-order valence-electron chi connectivity index (χ0n) is 25.2. The molecule has 14 heteroatoms. The van der Waals surface area contributed by atoms with Gasteiger partial charge in [-0.1, -0.05) is 20.8 Å². The molecule has 7 rings (SSSR count). The second-order valence-corrected chi connectivity index (χ2v) is 15.4. The molecule has 9 unspecified atom stereocenters. The Morgan fingerprint density at radius 1 is 1.24 bits per heavy atom. The number of alkyl halides is 2. The summed E-state index contributed by atoms with van der Waals surface area (Å²) in [5, 5.41) is 15.6. The maximum atomic E-state index is 15.2. The molecule has 11 nitrogen and oxygen atoms in total. The highest BCUT2D eigenvalue weighted by Crippen LogP contribution is 2.59. The average Bonchev–Trinajstić information content (AvgIpc) is 3.30. The van der Waals surface area contributed by atoms with Gasteiger partial charge in [0.15, 0.2) is 11.6 Å². The highest BCUT2D eigenvalue weighted by molar-refractivity contribution is 6.37. The molecule has 1 aromatic heterocycles. The summed E-state index contributed by atoms with van der Waals surface area (Å²) < 4.78 is 35.2. The second kappa shape index (κ2) is 9.98. The van der Waals surface area contributed by atoms with E-state index in [-0.39, 0.29) is 42.9 Å². The molecule has 0 radical (unpaired) electrons. The molecule has 5 fully saturated rings. The number of likely N-dealkylation sites (tertiary alicyclic amines) is 2. The molecule has 3 aliphatic heterocycles. The molecule has 2 bridgehead atoms. The topological polar surface area (TPSA) is 145 Å². The number of pyridine rings is 1. The number of amides is 4. The number of nitrogens with zero attached hydrogens (tertiary/aromatic N) is 4.